The fourth-order valence-corrected chi connectivity index (χ4v) is 5.50. The Morgan fingerprint density at radius 2 is 2.07 bits per heavy atom. The van der Waals surface area contributed by atoms with E-state index in [4.69, 9.17) is 0 Å². The van der Waals surface area contributed by atoms with Gasteiger partial charge in [-0.2, -0.15) is 0 Å². The normalized spacial score (nSPS) is 15.4. The molecule has 0 spiro atoms. The largest absolute Gasteiger partial charge is 0.303 e. The summed E-state index contributed by atoms with van der Waals surface area (Å²) < 4.78 is 4.38. The number of fused-ring (bicyclic) bond motifs is 1. The molecule has 0 atom stereocenters. The van der Waals surface area contributed by atoms with Gasteiger partial charge in [0.2, 0.25) is 5.78 Å². The first-order chi connectivity index (χ1) is 13.9. The number of aromatic nitrogens is 6. The summed E-state index contributed by atoms with van der Waals surface area (Å²) in [7, 11) is 0. The Balaban J connectivity index is 1.40. The minimum Gasteiger partial charge on any atom is -0.303 e. The molecule has 1 aliphatic rings. The Labute approximate surface area is 172 Å². The van der Waals surface area contributed by atoms with E-state index in [1.165, 1.54) is 37.0 Å². The second-order valence-corrected chi connectivity index (χ2v) is 9.14. The molecular formula is C20H22N6S2. The van der Waals surface area contributed by atoms with Crippen LogP contribution >= 0.6 is 23.1 Å². The zero-order valence-electron chi connectivity index (χ0n) is 15.6. The van der Waals surface area contributed by atoms with Gasteiger partial charge in [0.15, 0.2) is 5.16 Å². The third-order valence-electron chi connectivity index (χ3n) is 5.22. The zero-order chi connectivity index (χ0) is 18.8. The van der Waals surface area contributed by atoms with Crippen LogP contribution in [0.4, 0.5) is 0 Å². The number of imidazole rings is 1. The molecule has 5 rings (SSSR count). The van der Waals surface area contributed by atoms with E-state index in [0.717, 1.165) is 34.6 Å². The van der Waals surface area contributed by atoms with E-state index in [1.807, 2.05) is 22.9 Å². The van der Waals surface area contributed by atoms with Crippen LogP contribution in [0.25, 0.3) is 5.78 Å². The van der Waals surface area contributed by atoms with Crippen LogP contribution in [0.15, 0.2) is 47.3 Å². The highest BCUT2D eigenvalue weighted by molar-refractivity contribution is 7.98. The Kier molecular flexibility index (Phi) is 5.14. The lowest BCUT2D eigenvalue weighted by atomic mass is 9.95. The summed E-state index contributed by atoms with van der Waals surface area (Å²) in [6.45, 7) is 0. The summed E-state index contributed by atoms with van der Waals surface area (Å²) >= 11 is 3.52. The van der Waals surface area contributed by atoms with E-state index in [2.05, 4.69) is 42.2 Å². The maximum atomic E-state index is 4.61. The van der Waals surface area contributed by atoms with Crippen LogP contribution in [-0.4, -0.2) is 29.1 Å². The van der Waals surface area contributed by atoms with Gasteiger partial charge in [-0.3, -0.25) is 4.40 Å². The Hall–Kier alpha value is -2.19. The van der Waals surface area contributed by atoms with Crippen molar-refractivity contribution in [2.75, 3.05) is 0 Å². The van der Waals surface area contributed by atoms with Gasteiger partial charge in [0.1, 0.15) is 5.82 Å². The fraction of sp³-hybridized carbons (Fsp3) is 0.400. The van der Waals surface area contributed by atoms with Crippen molar-refractivity contribution in [2.24, 2.45) is 0 Å². The predicted octanol–water partition coefficient (Wildman–Crippen LogP) is 4.77. The van der Waals surface area contributed by atoms with Crippen LogP contribution in [0.1, 0.15) is 54.5 Å². The van der Waals surface area contributed by atoms with Crippen LogP contribution in [0.3, 0.4) is 0 Å². The van der Waals surface area contributed by atoms with Crippen LogP contribution in [0, 0.1) is 0 Å². The average Bonchev–Trinajstić information content (AvgIpc) is 3.47. The van der Waals surface area contributed by atoms with Crippen molar-refractivity contribution in [3.63, 3.8) is 0 Å². The lowest BCUT2D eigenvalue weighted by Crippen LogP contribution is -2.16. The topological polar surface area (TPSA) is 60.9 Å². The first-order valence-corrected chi connectivity index (χ1v) is 11.6. The first kappa shape index (κ1) is 17.9. The molecule has 0 aromatic carbocycles. The maximum absolute atomic E-state index is 4.61. The van der Waals surface area contributed by atoms with Crippen LogP contribution in [0.5, 0.6) is 0 Å². The zero-order valence-corrected chi connectivity index (χ0v) is 17.2. The van der Waals surface area contributed by atoms with Crippen molar-refractivity contribution in [2.45, 2.75) is 55.5 Å². The molecule has 0 bridgehead atoms. The highest BCUT2D eigenvalue weighted by Gasteiger charge is 2.23. The van der Waals surface area contributed by atoms with Crippen LogP contribution in [0.2, 0.25) is 0 Å². The summed E-state index contributed by atoms with van der Waals surface area (Å²) in [4.78, 5) is 10.3. The standard InChI is InChI=1S/C20H22N6S2/c1-2-6-16(7-3-1)26-18(12-17-8-4-11-27-17)23-24-20(26)28-14-15-13-25-10-5-9-21-19(25)22-15/h4-5,8-11,13,16H,1-3,6-7,12,14H2. The molecule has 6 nitrogen and oxygen atoms in total. The van der Waals surface area contributed by atoms with Crippen molar-refractivity contribution in [1.29, 1.82) is 0 Å². The van der Waals surface area contributed by atoms with Gasteiger partial charge in [-0.25, -0.2) is 9.97 Å². The second-order valence-electron chi connectivity index (χ2n) is 7.16. The van der Waals surface area contributed by atoms with Gasteiger partial charge in [-0.1, -0.05) is 37.1 Å². The van der Waals surface area contributed by atoms with Crippen LogP contribution in [-0.2, 0) is 12.2 Å². The lowest BCUT2D eigenvalue weighted by Gasteiger charge is -2.25. The maximum Gasteiger partial charge on any atom is 0.233 e. The minimum atomic E-state index is 0.518. The molecule has 0 N–H and O–H groups in total. The smallest absolute Gasteiger partial charge is 0.233 e. The highest BCUT2D eigenvalue weighted by Crippen LogP contribution is 2.34. The number of nitrogens with zero attached hydrogens (tertiary/aromatic N) is 6. The first-order valence-electron chi connectivity index (χ1n) is 9.74. The number of hydrogen-bond acceptors (Lipinski definition) is 6. The molecule has 8 heteroatoms. The molecule has 1 fully saturated rings. The van der Waals surface area contributed by atoms with Gasteiger partial charge in [0.05, 0.1) is 5.69 Å². The minimum absolute atomic E-state index is 0.518. The molecule has 0 amide bonds. The third-order valence-corrected chi connectivity index (χ3v) is 7.08. The molecule has 4 aromatic heterocycles. The van der Waals surface area contributed by atoms with E-state index in [0.29, 0.717) is 6.04 Å². The molecular weight excluding hydrogens is 388 g/mol. The molecule has 0 radical (unpaired) electrons. The monoisotopic (exact) mass is 410 g/mol. The summed E-state index contributed by atoms with van der Waals surface area (Å²) in [5.74, 6) is 2.60. The number of rotatable bonds is 6. The highest BCUT2D eigenvalue weighted by atomic mass is 32.2. The van der Waals surface area contributed by atoms with Gasteiger partial charge >= 0.3 is 0 Å². The van der Waals surface area contributed by atoms with Crippen molar-refractivity contribution in [1.82, 2.24) is 29.1 Å². The summed E-state index contributed by atoms with van der Waals surface area (Å²) in [6, 6.07) is 6.72. The molecule has 0 unspecified atom stereocenters. The van der Waals surface area contributed by atoms with E-state index >= 15 is 0 Å². The van der Waals surface area contributed by atoms with E-state index in [1.54, 1.807) is 29.3 Å². The van der Waals surface area contributed by atoms with Gasteiger partial charge in [0.25, 0.3) is 0 Å². The van der Waals surface area contributed by atoms with Gasteiger partial charge in [-0.15, -0.1) is 21.5 Å². The summed E-state index contributed by atoms with van der Waals surface area (Å²) in [5.41, 5.74) is 1.02. The molecule has 28 heavy (non-hydrogen) atoms. The molecule has 1 saturated carbocycles. The van der Waals surface area contributed by atoms with E-state index in [-0.39, 0.29) is 0 Å². The number of hydrogen-bond donors (Lipinski definition) is 0. The van der Waals surface area contributed by atoms with E-state index < -0.39 is 0 Å². The molecule has 4 heterocycles. The Bertz CT molecular complexity index is 1010. The fourth-order valence-electron chi connectivity index (χ4n) is 3.89. The Morgan fingerprint density at radius 3 is 2.89 bits per heavy atom. The predicted molar refractivity (Wildman–Crippen MR) is 112 cm³/mol. The number of thiophene rings is 1. The third kappa shape index (κ3) is 3.71. The van der Waals surface area contributed by atoms with Crippen LogP contribution < -0.4 is 0 Å². The number of thioether (sulfide) groups is 1. The van der Waals surface area contributed by atoms with Gasteiger partial charge in [-0.05, 0) is 30.4 Å². The SMILES string of the molecule is c1csc(Cc2nnc(SCc3cn4cccnc4n3)n2C2CCCCC2)c1. The average molecular weight is 411 g/mol. The summed E-state index contributed by atoms with van der Waals surface area (Å²) in [5, 5.41) is 12.3. The van der Waals surface area contributed by atoms with Crippen molar-refractivity contribution < 1.29 is 0 Å². The Morgan fingerprint density at radius 1 is 1.14 bits per heavy atom. The molecule has 0 saturated heterocycles. The quantitative estimate of drug-likeness (QED) is 0.429. The summed E-state index contributed by atoms with van der Waals surface area (Å²) in [6.07, 6.45) is 13.0. The molecule has 144 valence electrons. The van der Waals surface area contributed by atoms with Gasteiger partial charge < -0.3 is 4.57 Å². The van der Waals surface area contributed by atoms with Crippen molar-refractivity contribution in [3.8, 4) is 0 Å². The van der Waals surface area contributed by atoms with Gasteiger partial charge in [0, 0.05) is 41.7 Å². The van der Waals surface area contributed by atoms with Crippen molar-refractivity contribution in [3.05, 3.63) is 58.6 Å². The molecule has 4 aromatic rings. The van der Waals surface area contributed by atoms with Crippen molar-refractivity contribution >= 4 is 28.9 Å². The molecule has 1 aliphatic carbocycles. The lowest BCUT2D eigenvalue weighted by molar-refractivity contribution is 0.330. The van der Waals surface area contributed by atoms with E-state index in [9.17, 15) is 0 Å². The molecule has 0 aliphatic heterocycles. The second kappa shape index (κ2) is 8.05.